The number of ether oxygens (including phenoxy) is 1. The second kappa shape index (κ2) is 12.5. The summed E-state index contributed by atoms with van der Waals surface area (Å²) in [4.78, 5) is 21.5. The van der Waals surface area contributed by atoms with E-state index in [1.807, 2.05) is 29.7 Å². The number of fused-ring (bicyclic) bond motifs is 1. The van der Waals surface area contributed by atoms with Gasteiger partial charge >= 0.3 is 5.97 Å². The fourth-order valence-electron chi connectivity index (χ4n) is 5.53. The Morgan fingerprint density at radius 2 is 2.03 bits per heavy atom. The Balaban J connectivity index is 1.27. The monoisotopic (exact) mass is 494 g/mol. The van der Waals surface area contributed by atoms with Crippen molar-refractivity contribution in [2.75, 3.05) is 26.7 Å². The van der Waals surface area contributed by atoms with Gasteiger partial charge in [-0.25, -0.2) is 0 Å². The van der Waals surface area contributed by atoms with Gasteiger partial charge in [0.25, 0.3) is 0 Å². The molecular weight excluding hydrogens is 456 g/mol. The molecule has 1 fully saturated rings. The van der Waals surface area contributed by atoms with Gasteiger partial charge < -0.3 is 14.7 Å². The average molecular weight is 495 g/mol. The highest BCUT2D eigenvalue weighted by Gasteiger charge is 2.30. The van der Waals surface area contributed by atoms with E-state index in [4.69, 9.17) is 4.74 Å². The van der Waals surface area contributed by atoms with Crippen LogP contribution in [0.2, 0.25) is 0 Å². The summed E-state index contributed by atoms with van der Waals surface area (Å²) in [5.41, 5.74) is 2.29. The molecule has 2 aromatic heterocycles. The van der Waals surface area contributed by atoms with Crippen LogP contribution in [0.15, 0.2) is 42.6 Å². The lowest BCUT2D eigenvalue weighted by Gasteiger charge is -2.38. The zero-order valence-corrected chi connectivity index (χ0v) is 21.9. The van der Waals surface area contributed by atoms with Gasteiger partial charge in [-0.05, 0) is 119 Å². The van der Waals surface area contributed by atoms with Crippen molar-refractivity contribution in [2.45, 2.75) is 58.3 Å². The van der Waals surface area contributed by atoms with Gasteiger partial charge in [-0.15, -0.1) is 11.3 Å². The minimum Gasteiger partial charge on any atom is -0.497 e. The predicted molar refractivity (Wildman–Crippen MR) is 144 cm³/mol. The number of nitrogens with zero attached hydrogens (tertiary/aromatic N) is 2. The minimum atomic E-state index is -0.665. The van der Waals surface area contributed by atoms with Crippen LogP contribution >= 0.6 is 11.3 Å². The van der Waals surface area contributed by atoms with Gasteiger partial charge in [0.1, 0.15) is 5.75 Å². The van der Waals surface area contributed by atoms with E-state index in [1.54, 1.807) is 7.11 Å². The Morgan fingerprint density at radius 3 is 2.80 bits per heavy atom. The maximum absolute atomic E-state index is 11.6. The number of likely N-dealkylation sites (tertiary alicyclic amines) is 1. The van der Waals surface area contributed by atoms with Crippen LogP contribution in [0, 0.1) is 18.8 Å². The zero-order chi connectivity index (χ0) is 24.6. The van der Waals surface area contributed by atoms with E-state index in [9.17, 15) is 9.90 Å². The number of rotatable bonds is 12. The number of carboxylic acid groups (broad SMARTS) is 1. The van der Waals surface area contributed by atoms with Crippen molar-refractivity contribution in [1.29, 1.82) is 0 Å². The van der Waals surface area contributed by atoms with E-state index in [0.717, 1.165) is 68.4 Å². The van der Waals surface area contributed by atoms with Crippen LogP contribution in [-0.2, 0) is 17.6 Å². The molecule has 0 amide bonds. The van der Waals surface area contributed by atoms with E-state index in [-0.39, 0.29) is 12.3 Å². The predicted octanol–water partition coefficient (Wildman–Crippen LogP) is 6.37. The highest BCUT2D eigenvalue weighted by Crippen LogP contribution is 2.32. The van der Waals surface area contributed by atoms with Crippen LogP contribution in [0.25, 0.3) is 10.9 Å². The maximum Gasteiger partial charge on any atom is 0.303 e. The van der Waals surface area contributed by atoms with E-state index < -0.39 is 5.97 Å². The molecule has 3 heterocycles. The number of unbranched alkanes of at least 4 members (excludes halogenated alkanes) is 1. The van der Waals surface area contributed by atoms with Crippen molar-refractivity contribution < 1.29 is 14.6 Å². The topological polar surface area (TPSA) is 62.7 Å². The highest BCUT2D eigenvalue weighted by atomic mass is 32.1. The Morgan fingerprint density at radius 1 is 1.14 bits per heavy atom. The zero-order valence-electron chi connectivity index (χ0n) is 21.0. The number of hydrogen-bond acceptors (Lipinski definition) is 5. The highest BCUT2D eigenvalue weighted by molar-refractivity contribution is 7.11. The van der Waals surface area contributed by atoms with Crippen molar-refractivity contribution in [3.63, 3.8) is 0 Å². The van der Waals surface area contributed by atoms with Crippen LogP contribution in [0.5, 0.6) is 5.75 Å². The van der Waals surface area contributed by atoms with Gasteiger partial charge in [0.15, 0.2) is 0 Å². The van der Waals surface area contributed by atoms with Gasteiger partial charge in [0.2, 0.25) is 0 Å². The van der Waals surface area contributed by atoms with Crippen molar-refractivity contribution in [1.82, 2.24) is 9.88 Å². The summed E-state index contributed by atoms with van der Waals surface area (Å²) < 4.78 is 5.41. The van der Waals surface area contributed by atoms with Crippen molar-refractivity contribution in [3.8, 4) is 5.75 Å². The number of carboxylic acids is 1. The lowest BCUT2D eigenvalue weighted by Crippen LogP contribution is -2.41. The maximum atomic E-state index is 11.6. The van der Waals surface area contributed by atoms with Crippen molar-refractivity contribution in [3.05, 3.63) is 57.9 Å². The Bertz CT molecular complexity index is 1110. The first-order valence-electron chi connectivity index (χ1n) is 12.9. The van der Waals surface area contributed by atoms with Gasteiger partial charge in [-0.3, -0.25) is 9.78 Å². The molecule has 0 unspecified atom stereocenters. The molecule has 5 nitrogen and oxygen atoms in total. The molecule has 35 heavy (non-hydrogen) atoms. The molecule has 0 radical (unpaired) electrons. The SMILES string of the molecule is COc1ccc2nccc(CCC[C@@H]3CCN(CCCCc4ccc(C)s4)C[C@@H]3CC(=O)O)c2c1. The number of hydrogen-bond donors (Lipinski definition) is 1. The number of aryl methyl sites for hydroxylation is 3. The van der Waals surface area contributed by atoms with Crippen LogP contribution < -0.4 is 4.74 Å². The molecule has 0 spiro atoms. The summed E-state index contributed by atoms with van der Waals surface area (Å²) in [6.45, 7) is 5.26. The lowest BCUT2D eigenvalue weighted by atomic mass is 9.79. The molecule has 0 aliphatic carbocycles. The normalized spacial score (nSPS) is 18.7. The van der Waals surface area contributed by atoms with Crippen LogP contribution in [-0.4, -0.2) is 47.7 Å². The summed E-state index contributed by atoms with van der Waals surface area (Å²) in [5, 5.41) is 10.7. The summed E-state index contributed by atoms with van der Waals surface area (Å²) in [7, 11) is 1.69. The second-order valence-electron chi connectivity index (χ2n) is 9.92. The first-order chi connectivity index (χ1) is 17.0. The van der Waals surface area contributed by atoms with E-state index in [0.29, 0.717) is 5.92 Å². The van der Waals surface area contributed by atoms with Crippen molar-refractivity contribution in [2.24, 2.45) is 11.8 Å². The summed E-state index contributed by atoms with van der Waals surface area (Å²) in [6, 6.07) is 12.6. The third-order valence-electron chi connectivity index (χ3n) is 7.42. The van der Waals surface area contributed by atoms with Gasteiger partial charge in [-0.1, -0.05) is 0 Å². The Kier molecular flexibility index (Phi) is 9.16. The number of aromatic nitrogens is 1. The van der Waals surface area contributed by atoms with Gasteiger partial charge in [0, 0.05) is 34.3 Å². The fraction of sp³-hybridized carbons (Fsp3) is 0.517. The largest absolute Gasteiger partial charge is 0.497 e. The van der Waals surface area contributed by atoms with Crippen molar-refractivity contribution >= 4 is 28.2 Å². The summed E-state index contributed by atoms with van der Waals surface area (Å²) >= 11 is 1.90. The molecule has 2 atom stereocenters. The first-order valence-corrected chi connectivity index (χ1v) is 13.7. The molecule has 6 heteroatoms. The third kappa shape index (κ3) is 7.28. The van der Waals surface area contributed by atoms with E-state index in [2.05, 4.69) is 41.1 Å². The molecule has 1 N–H and O–H groups in total. The molecule has 3 aromatic rings. The van der Waals surface area contributed by atoms with Crippen LogP contribution in [0.1, 0.15) is 53.8 Å². The fourth-order valence-corrected chi connectivity index (χ4v) is 6.46. The molecule has 0 bridgehead atoms. The Hall–Kier alpha value is -2.44. The lowest BCUT2D eigenvalue weighted by molar-refractivity contribution is -0.139. The van der Waals surface area contributed by atoms with Gasteiger partial charge in [0.05, 0.1) is 12.6 Å². The standard InChI is InChI=1S/C29H38N2O3S/c1-21-9-11-26(35-21)8-3-4-16-31-17-14-22(24(20-31)18-29(32)33)6-5-7-23-13-15-30-28-12-10-25(34-2)19-27(23)28/h9-13,15,19,22,24H,3-8,14,16-18,20H2,1-2H3,(H,32,33)/t22-,24+/m1/s1. The molecule has 0 saturated carbocycles. The van der Waals surface area contributed by atoms with E-state index >= 15 is 0 Å². The number of thiophene rings is 1. The first kappa shape index (κ1) is 25.6. The number of benzene rings is 1. The van der Waals surface area contributed by atoms with Crippen LogP contribution in [0.4, 0.5) is 0 Å². The molecular formula is C29H38N2O3S. The summed E-state index contributed by atoms with van der Waals surface area (Å²) in [6.07, 6.45) is 9.94. The average Bonchev–Trinajstić information content (AvgIpc) is 3.27. The number of methoxy groups -OCH3 is 1. The third-order valence-corrected chi connectivity index (χ3v) is 8.48. The number of carbonyl (C=O) groups is 1. The molecule has 4 rings (SSSR count). The van der Waals surface area contributed by atoms with Gasteiger partial charge in [-0.2, -0.15) is 0 Å². The number of piperidine rings is 1. The summed E-state index contributed by atoms with van der Waals surface area (Å²) in [5.74, 6) is 0.919. The molecule has 1 aromatic carbocycles. The number of pyridine rings is 1. The van der Waals surface area contributed by atoms with E-state index in [1.165, 1.54) is 28.2 Å². The molecule has 188 valence electrons. The molecule has 1 aliphatic heterocycles. The number of aliphatic carboxylic acids is 1. The second-order valence-corrected chi connectivity index (χ2v) is 11.3. The minimum absolute atomic E-state index is 0.246. The van der Waals surface area contributed by atoms with Crippen LogP contribution in [0.3, 0.4) is 0 Å². The molecule has 1 aliphatic rings. The quantitative estimate of drug-likeness (QED) is 0.296. The smallest absolute Gasteiger partial charge is 0.303 e. The Labute approximate surface area is 213 Å². The molecule has 1 saturated heterocycles.